The highest BCUT2D eigenvalue weighted by Crippen LogP contribution is 2.37. The summed E-state index contributed by atoms with van der Waals surface area (Å²) in [4.78, 5) is 42.2. The van der Waals surface area contributed by atoms with Crippen molar-refractivity contribution < 1.29 is 27.1 Å². The molecule has 45 heavy (non-hydrogen) atoms. The van der Waals surface area contributed by atoms with E-state index in [9.17, 15) is 22.8 Å². The maximum atomic E-state index is 15.8. The van der Waals surface area contributed by atoms with Crippen molar-refractivity contribution in [2.75, 3.05) is 55.0 Å². The van der Waals surface area contributed by atoms with E-state index < -0.39 is 34.6 Å². The van der Waals surface area contributed by atoms with Gasteiger partial charge in [-0.2, -0.15) is 13.2 Å². The summed E-state index contributed by atoms with van der Waals surface area (Å²) in [5.41, 5.74) is -2.32. The van der Waals surface area contributed by atoms with Crippen molar-refractivity contribution in [1.82, 2.24) is 19.9 Å². The van der Waals surface area contributed by atoms with Crippen molar-refractivity contribution >= 4 is 23.2 Å². The van der Waals surface area contributed by atoms with Crippen LogP contribution in [0, 0.1) is 11.7 Å². The lowest BCUT2D eigenvalue weighted by Crippen LogP contribution is -2.55. The lowest BCUT2D eigenvalue weighted by atomic mass is 10.0. The molecule has 2 aromatic heterocycles. The van der Waals surface area contributed by atoms with Gasteiger partial charge in [0.15, 0.2) is 0 Å². The van der Waals surface area contributed by atoms with E-state index >= 15 is 4.39 Å². The number of hydrogen-bond donors (Lipinski definition) is 2. The van der Waals surface area contributed by atoms with Gasteiger partial charge in [0.05, 0.1) is 35.2 Å². The van der Waals surface area contributed by atoms with Crippen LogP contribution >= 0.6 is 0 Å². The number of H-pyrrole nitrogens is 1. The molecule has 0 bridgehead atoms. The predicted molar refractivity (Wildman–Crippen MR) is 163 cm³/mol. The Morgan fingerprint density at radius 2 is 1.73 bits per heavy atom. The highest BCUT2D eigenvalue weighted by molar-refractivity contribution is 6.07. The van der Waals surface area contributed by atoms with E-state index in [1.807, 2.05) is 30.7 Å². The minimum Gasteiger partial charge on any atom is -0.374 e. The number of aromatic amines is 1. The summed E-state index contributed by atoms with van der Waals surface area (Å²) in [6.07, 6.45) is -1.23. The van der Waals surface area contributed by atoms with E-state index in [1.165, 1.54) is 24.5 Å². The molecular weight excluding hydrogens is 594 g/mol. The van der Waals surface area contributed by atoms with Crippen molar-refractivity contribution in [2.45, 2.75) is 52.1 Å². The average Bonchev–Trinajstić information content (AvgIpc) is 3.00. The van der Waals surface area contributed by atoms with E-state index in [0.29, 0.717) is 62.0 Å². The Morgan fingerprint density at radius 3 is 2.36 bits per heavy atom. The molecule has 1 unspecified atom stereocenters. The number of anilines is 3. The van der Waals surface area contributed by atoms with Gasteiger partial charge in [-0.05, 0) is 38.9 Å². The van der Waals surface area contributed by atoms with E-state index in [1.54, 1.807) is 0 Å². The fourth-order valence-corrected chi connectivity index (χ4v) is 5.71. The number of morpholine rings is 1. The number of carbonyl (C=O) groups is 1. The largest absolute Gasteiger partial charge is 0.417 e. The summed E-state index contributed by atoms with van der Waals surface area (Å²) < 4.78 is 63.0. The third-order valence-corrected chi connectivity index (χ3v) is 8.58. The van der Waals surface area contributed by atoms with Crippen molar-refractivity contribution in [1.29, 1.82) is 0 Å². The summed E-state index contributed by atoms with van der Waals surface area (Å²) in [5, 5.41) is 2.57. The topological polar surface area (TPSA) is 107 Å². The Morgan fingerprint density at radius 1 is 1.07 bits per heavy atom. The standard InChI is InChI=1S/C31H37F4N7O3/c1-17(2)27-16-41(6-7-45-27)30-37-11-20(12-38-30)21-8-25(26(10-24(21)32)42-14-18(3)40(5)19(4)15-42)39-29(44)22-13-36-28(43)9-23(22)31(33,34)35/h8-13,17-19,27H,6-7,14-16H2,1-5H3,(H,36,43)(H,39,44)/t18-,19?,27-/m1/s1. The van der Waals surface area contributed by atoms with Gasteiger partial charge >= 0.3 is 6.18 Å². The van der Waals surface area contributed by atoms with Crippen LogP contribution in [0.4, 0.5) is 34.9 Å². The molecule has 5 rings (SSSR count). The molecule has 1 amide bonds. The van der Waals surface area contributed by atoms with Gasteiger partial charge in [-0.25, -0.2) is 14.4 Å². The third kappa shape index (κ3) is 6.96. The number of piperazine rings is 1. The van der Waals surface area contributed by atoms with Gasteiger partial charge in [-0.15, -0.1) is 0 Å². The number of nitrogens with zero attached hydrogens (tertiary/aromatic N) is 5. The van der Waals surface area contributed by atoms with Gasteiger partial charge in [0.1, 0.15) is 5.82 Å². The first kappa shape index (κ1) is 32.4. The summed E-state index contributed by atoms with van der Waals surface area (Å²) in [7, 11) is 1.98. The Balaban J connectivity index is 1.52. The van der Waals surface area contributed by atoms with Crippen molar-refractivity contribution in [3.8, 4) is 11.1 Å². The minimum absolute atomic E-state index is 0.0264. The number of ether oxygens (including phenoxy) is 1. The van der Waals surface area contributed by atoms with Crippen LogP contribution in [0.25, 0.3) is 11.1 Å². The fourth-order valence-electron chi connectivity index (χ4n) is 5.71. The Bertz CT molecular complexity index is 1580. The smallest absolute Gasteiger partial charge is 0.374 e. The van der Waals surface area contributed by atoms with E-state index in [2.05, 4.69) is 39.0 Å². The van der Waals surface area contributed by atoms with Crippen molar-refractivity contribution in [3.63, 3.8) is 0 Å². The normalized spacial score (nSPS) is 21.3. The zero-order valence-electron chi connectivity index (χ0n) is 25.8. The Kier molecular flexibility index (Phi) is 9.17. The van der Waals surface area contributed by atoms with Crippen molar-refractivity contribution in [2.24, 2.45) is 5.92 Å². The molecule has 4 heterocycles. The van der Waals surface area contributed by atoms with Gasteiger partial charge in [-0.3, -0.25) is 14.5 Å². The van der Waals surface area contributed by atoms with E-state index in [0.717, 1.165) is 6.20 Å². The highest BCUT2D eigenvalue weighted by atomic mass is 19.4. The summed E-state index contributed by atoms with van der Waals surface area (Å²) in [6, 6.07) is 3.15. The molecule has 2 aliphatic heterocycles. The van der Waals surface area contributed by atoms with Crippen LogP contribution in [-0.2, 0) is 10.9 Å². The number of rotatable bonds is 6. The third-order valence-electron chi connectivity index (χ3n) is 8.58. The molecule has 2 saturated heterocycles. The molecule has 3 aromatic rings. The number of benzene rings is 1. The van der Waals surface area contributed by atoms with Crippen LogP contribution in [-0.4, -0.2) is 83.8 Å². The molecule has 0 saturated carbocycles. The number of alkyl halides is 3. The Hall–Kier alpha value is -4.04. The zero-order chi connectivity index (χ0) is 32.6. The highest BCUT2D eigenvalue weighted by Gasteiger charge is 2.36. The predicted octanol–water partition coefficient (Wildman–Crippen LogP) is 4.63. The number of amides is 1. The quantitative estimate of drug-likeness (QED) is 0.380. The number of hydrogen-bond acceptors (Lipinski definition) is 8. The monoisotopic (exact) mass is 631 g/mol. The average molecular weight is 632 g/mol. The zero-order valence-corrected chi connectivity index (χ0v) is 25.8. The lowest BCUT2D eigenvalue weighted by Gasteiger charge is -2.44. The minimum atomic E-state index is -4.95. The number of halogens is 4. The molecule has 2 N–H and O–H groups in total. The second kappa shape index (κ2) is 12.8. The number of carbonyl (C=O) groups excluding carboxylic acids is 1. The van der Waals surface area contributed by atoms with Crippen LogP contribution < -0.4 is 20.7 Å². The SMILES string of the molecule is CC(C)[C@H]1CN(c2ncc(-c3cc(NC(=O)c4c[nH]c(=O)cc4C(F)(F)F)c(N4CC(C)N(C)[C@H](C)C4)cc3F)cn2)CCO1. The molecule has 3 atom stereocenters. The fraction of sp³-hybridized carbons (Fsp3) is 0.484. The number of pyridine rings is 1. The maximum absolute atomic E-state index is 15.8. The first-order valence-corrected chi connectivity index (χ1v) is 14.8. The summed E-state index contributed by atoms with van der Waals surface area (Å²) >= 11 is 0. The number of nitrogens with one attached hydrogen (secondary N) is 2. The van der Waals surface area contributed by atoms with E-state index in [4.69, 9.17) is 4.74 Å². The van der Waals surface area contributed by atoms with Crippen molar-refractivity contribution in [3.05, 3.63) is 64.1 Å². The van der Waals surface area contributed by atoms with Gasteiger partial charge in [-0.1, -0.05) is 13.8 Å². The van der Waals surface area contributed by atoms with Gasteiger partial charge in [0.25, 0.3) is 5.91 Å². The molecule has 14 heteroatoms. The van der Waals surface area contributed by atoms with Crippen LogP contribution in [0.1, 0.15) is 43.6 Å². The maximum Gasteiger partial charge on any atom is 0.417 e. The molecule has 2 aliphatic rings. The number of aromatic nitrogens is 3. The Labute approximate surface area is 258 Å². The summed E-state index contributed by atoms with van der Waals surface area (Å²) in [5.74, 6) is -0.935. The first-order valence-electron chi connectivity index (χ1n) is 14.8. The molecule has 2 fully saturated rings. The summed E-state index contributed by atoms with van der Waals surface area (Å²) in [6.45, 7) is 10.9. The van der Waals surface area contributed by atoms with Crippen LogP contribution in [0.15, 0.2) is 41.6 Å². The van der Waals surface area contributed by atoms with Gasteiger partial charge < -0.3 is 24.8 Å². The molecule has 1 aromatic carbocycles. The van der Waals surface area contributed by atoms with Gasteiger partial charge in [0, 0.05) is 74.0 Å². The molecule has 0 spiro atoms. The molecule has 242 valence electrons. The second-order valence-corrected chi connectivity index (χ2v) is 12.1. The van der Waals surface area contributed by atoms with Crippen LogP contribution in [0.5, 0.6) is 0 Å². The number of likely N-dealkylation sites (N-methyl/N-ethyl adjacent to an activating group) is 1. The van der Waals surface area contributed by atoms with Crippen LogP contribution in [0.2, 0.25) is 0 Å². The molecule has 0 aliphatic carbocycles. The molecular formula is C31H37F4N7O3. The van der Waals surface area contributed by atoms with Gasteiger partial charge in [0.2, 0.25) is 11.5 Å². The molecule has 0 radical (unpaired) electrons. The first-order chi connectivity index (χ1) is 21.2. The van der Waals surface area contributed by atoms with E-state index in [-0.39, 0.29) is 29.4 Å². The second-order valence-electron chi connectivity index (χ2n) is 12.1. The van der Waals surface area contributed by atoms with Crippen LogP contribution in [0.3, 0.4) is 0 Å². The molecule has 10 nitrogen and oxygen atoms in total. The lowest BCUT2D eigenvalue weighted by molar-refractivity contribution is -0.138.